The van der Waals surface area contributed by atoms with Gasteiger partial charge in [0.05, 0.1) is 16.9 Å². The molecule has 1 aliphatic heterocycles. The molecule has 3 aromatic rings. The van der Waals surface area contributed by atoms with Crippen LogP contribution in [0.1, 0.15) is 20.7 Å². The quantitative estimate of drug-likeness (QED) is 0.412. The summed E-state index contributed by atoms with van der Waals surface area (Å²) in [5.74, 6) is -1.18. The number of piperazine rings is 1. The van der Waals surface area contributed by atoms with Gasteiger partial charge < -0.3 is 15.1 Å². The van der Waals surface area contributed by atoms with E-state index in [1.54, 1.807) is 53.4 Å². The third-order valence-corrected chi connectivity index (χ3v) is 6.52. The molecule has 0 aromatic heterocycles. The molecule has 0 saturated carbocycles. The maximum absolute atomic E-state index is 14.0. The second-order valence-electron chi connectivity index (χ2n) is 7.84. The average Bonchev–Trinajstić information content (AvgIpc) is 2.84. The van der Waals surface area contributed by atoms with E-state index in [0.717, 1.165) is 10.2 Å². The molecule has 0 spiro atoms. The van der Waals surface area contributed by atoms with Gasteiger partial charge in [-0.1, -0.05) is 39.7 Å². The van der Waals surface area contributed by atoms with Gasteiger partial charge in [0.1, 0.15) is 5.82 Å². The smallest absolute Gasteiger partial charge is 0.257 e. The van der Waals surface area contributed by atoms with Crippen LogP contribution < -0.4 is 15.5 Å². The number of rotatable bonds is 4. The molecule has 1 saturated heterocycles. The molecule has 0 unspecified atom stereocenters. The van der Waals surface area contributed by atoms with Crippen molar-refractivity contribution >= 4 is 68.1 Å². The molecule has 1 fully saturated rings. The number of hydrogen-bond acceptors (Lipinski definition) is 4. The normalized spacial score (nSPS) is 13.3. The molecule has 1 aliphatic rings. The van der Waals surface area contributed by atoms with Gasteiger partial charge in [0.25, 0.3) is 11.8 Å². The fraction of sp³-hybridized carbons (Fsp3) is 0.160. The predicted octanol–water partition coefficient (Wildman–Crippen LogP) is 5.33. The molecule has 0 atom stereocenters. The highest BCUT2D eigenvalue weighted by atomic mass is 79.9. The summed E-state index contributed by atoms with van der Waals surface area (Å²) in [6, 6.07) is 18.3. The molecule has 2 amide bonds. The number of benzene rings is 3. The minimum absolute atomic E-state index is 0.0710. The largest absolute Gasteiger partial charge is 0.366 e. The van der Waals surface area contributed by atoms with Crippen LogP contribution in [-0.4, -0.2) is 48.0 Å². The number of halogens is 3. The van der Waals surface area contributed by atoms with Gasteiger partial charge in [0.15, 0.2) is 5.11 Å². The number of carbonyl (C=O) groups excluding carboxylic acids is 2. The first-order chi connectivity index (χ1) is 16.8. The van der Waals surface area contributed by atoms with Crippen LogP contribution in [0.5, 0.6) is 0 Å². The van der Waals surface area contributed by atoms with Crippen molar-refractivity contribution in [3.05, 3.63) is 93.2 Å². The lowest BCUT2D eigenvalue weighted by atomic mass is 10.1. The molecule has 0 radical (unpaired) electrons. The van der Waals surface area contributed by atoms with Gasteiger partial charge in [-0.15, -0.1) is 0 Å². The van der Waals surface area contributed by atoms with Crippen LogP contribution in [0.2, 0.25) is 5.02 Å². The van der Waals surface area contributed by atoms with E-state index in [1.807, 2.05) is 6.07 Å². The van der Waals surface area contributed by atoms with Crippen molar-refractivity contribution in [1.82, 2.24) is 10.2 Å². The molecular formula is C25H21BrClFN4O2S. The summed E-state index contributed by atoms with van der Waals surface area (Å²) in [6.07, 6.45) is 0. The van der Waals surface area contributed by atoms with Crippen LogP contribution in [0.25, 0.3) is 0 Å². The summed E-state index contributed by atoms with van der Waals surface area (Å²) < 4.78 is 14.9. The SMILES string of the molecule is O=C(NC(=S)Nc1cc(Cl)ccc1N1CCN(C(=O)c2ccccc2F)CC1)c1ccc(Br)cc1. The third-order valence-electron chi connectivity index (χ3n) is 5.55. The van der Waals surface area contributed by atoms with Crippen LogP contribution in [0.15, 0.2) is 71.2 Å². The Morgan fingerprint density at radius 1 is 0.971 bits per heavy atom. The Morgan fingerprint density at radius 3 is 2.34 bits per heavy atom. The average molecular weight is 576 g/mol. The molecule has 35 heavy (non-hydrogen) atoms. The van der Waals surface area contributed by atoms with Crippen LogP contribution in [0.3, 0.4) is 0 Å². The fourth-order valence-electron chi connectivity index (χ4n) is 3.77. The second kappa shape index (κ2) is 11.2. The van der Waals surface area contributed by atoms with Gasteiger partial charge in [-0.2, -0.15) is 0 Å². The molecule has 6 nitrogen and oxygen atoms in total. The van der Waals surface area contributed by atoms with E-state index in [-0.39, 0.29) is 22.5 Å². The van der Waals surface area contributed by atoms with Crippen molar-refractivity contribution in [2.24, 2.45) is 0 Å². The van der Waals surface area contributed by atoms with Crippen molar-refractivity contribution in [2.75, 3.05) is 36.4 Å². The van der Waals surface area contributed by atoms with E-state index >= 15 is 0 Å². The highest BCUT2D eigenvalue weighted by molar-refractivity contribution is 9.10. The summed E-state index contributed by atoms with van der Waals surface area (Å²) in [7, 11) is 0. The van der Waals surface area contributed by atoms with Gasteiger partial charge >= 0.3 is 0 Å². The summed E-state index contributed by atoms with van der Waals surface area (Å²) in [5, 5.41) is 6.38. The minimum atomic E-state index is -0.525. The van der Waals surface area contributed by atoms with Crippen LogP contribution >= 0.6 is 39.7 Å². The molecular weight excluding hydrogens is 555 g/mol. The number of nitrogens with zero attached hydrogens (tertiary/aromatic N) is 2. The number of anilines is 2. The number of carbonyl (C=O) groups is 2. The van der Waals surface area contributed by atoms with Gasteiger partial charge in [-0.25, -0.2) is 4.39 Å². The van der Waals surface area contributed by atoms with Gasteiger partial charge in [0, 0.05) is 41.2 Å². The Morgan fingerprint density at radius 2 is 1.66 bits per heavy atom. The van der Waals surface area contributed by atoms with E-state index in [2.05, 4.69) is 31.5 Å². The van der Waals surface area contributed by atoms with Crippen molar-refractivity contribution < 1.29 is 14.0 Å². The number of nitrogens with one attached hydrogen (secondary N) is 2. The van der Waals surface area contributed by atoms with Crippen LogP contribution in [0.4, 0.5) is 15.8 Å². The summed E-state index contributed by atoms with van der Waals surface area (Å²) in [5.41, 5.74) is 2.00. The topological polar surface area (TPSA) is 64.7 Å². The zero-order valence-electron chi connectivity index (χ0n) is 18.4. The number of hydrogen-bond donors (Lipinski definition) is 2. The molecule has 180 valence electrons. The number of thiocarbonyl (C=S) groups is 1. The maximum Gasteiger partial charge on any atom is 0.257 e. The molecule has 10 heteroatoms. The fourth-order valence-corrected chi connectivity index (χ4v) is 4.41. The van der Waals surface area contributed by atoms with E-state index in [1.165, 1.54) is 12.1 Å². The Labute approximate surface area is 221 Å². The Kier molecular flexibility index (Phi) is 8.00. The van der Waals surface area contributed by atoms with Gasteiger partial charge in [-0.05, 0) is 66.8 Å². The van der Waals surface area contributed by atoms with Crippen molar-refractivity contribution in [3.63, 3.8) is 0 Å². The molecule has 4 rings (SSSR count). The molecule has 0 aliphatic carbocycles. The van der Waals surface area contributed by atoms with E-state index < -0.39 is 5.82 Å². The molecule has 0 bridgehead atoms. The highest BCUT2D eigenvalue weighted by Crippen LogP contribution is 2.30. The lowest BCUT2D eigenvalue weighted by molar-refractivity contribution is 0.0742. The standard InChI is InChI=1S/C25H21BrClFN4O2S/c26-17-7-5-16(6-8-17)23(33)30-25(35)29-21-15-18(27)9-10-22(21)31-11-13-32(14-12-31)24(34)19-3-1-2-4-20(19)28/h1-10,15H,11-14H2,(H2,29,30,33,35). The molecule has 2 N–H and O–H groups in total. The number of amides is 2. The minimum Gasteiger partial charge on any atom is -0.366 e. The van der Waals surface area contributed by atoms with Gasteiger partial charge in [-0.3, -0.25) is 14.9 Å². The van der Waals surface area contributed by atoms with Crippen molar-refractivity contribution in [2.45, 2.75) is 0 Å². The van der Waals surface area contributed by atoms with Crippen LogP contribution in [0, 0.1) is 5.82 Å². The lowest BCUT2D eigenvalue weighted by Crippen LogP contribution is -2.49. The molecule has 1 heterocycles. The first kappa shape index (κ1) is 25.1. The Hall–Kier alpha value is -3.01. The van der Waals surface area contributed by atoms with E-state index in [4.69, 9.17) is 23.8 Å². The highest BCUT2D eigenvalue weighted by Gasteiger charge is 2.25. The first-order valence-electron chi connectivity index (χ1n) is 10.8. The first-order valence-corrected chi connectivity index (χ1v) is 12.4. The zero-order chi connectivity index (χ0) is 24.9. The predicted molar refractivity (Wildman–Crippen MR) is 144 cm³/mol. The van der Waals surface area contributed by atoms with Crippen molar-refractivity contribution in [1.29, 1.82) is 0 Å². The summed E-state index contributed by atoms with van der Waals surface area (Å²) in [6.45, 7) is 1.93. The summed E-state index contributed by atoms with van der Waals surface area (Å²) >= 11 is 14.9. The monoisotopic (exact) mass is 574 g/mol. The lowest BCUT2D eigenvalue weighted by Gasteiger charge is -2.37. The third kappa shape index (κ3) is 6.17. The Bertz CT molecular complexity index is 1270. The molecule has 3 aromatic carbocycles. The van der Waals surface area contributed by atoms with E-state index in [0.29, 0.717) is 42.5 Å². The summed E-state index contributed by atoms with van der Waals surface area (Å²) in [4.78, 5) is 29.0. The second-order valence-corrected chi connectivity index (χ2v) is 9.60. The maximum atomic E-state index is 14.0. The van der Waals surface area contributed by atoms with Crippen LogP contribution in [-0.2, 0) is 0 Å². The zero-order valence-corrected chi connectivity index (χ0v) is 21.6. The van der Waals surface area contributed by atoms with Crippen molar-refractivity contribution in [3.8, 4) is 0 Å². The van der Waals surface area contributed by atoms with E-state index in [9.17, 15) is 14.0 Å². The Balaban J connectivity index is 1.42. The van der Waals surface area contributed by atoms with Gasteiger partial charge in [0.2, 0.25) is 0 Å².